The number of ether oxygens (including phenoxy) is 1. The van der Waals surface area contributed by atoms with Crippen molar-refractivity contribution in [1.82, 2.24) is 0 Å². The molecule has 3 heterocycles. The molecule has 0 fully saturated rings. The number of benzene rings is 2. The Morgan fingerprint density at radius 1 is 1.00 bits per heavy atom. The van der Waals surface area contributed by atoms with Gasteiger partial charge in [0.2, 0.25) is 5.72 Å². The Bertz CT molecular complexity index is 1050. The van der Waals surface area contributed by atoms with Gasteiger partial charge in [-0.15, -0.1) is 0 Å². The minimum absolute atomic E-state index is 0.133. The van der Waals surface area contributed by atoms with Crippen LogP contribution in [0.2, 0.25) is 0 Å². The van der Waals surface area contributed by atoms with E-state index in [4.69, 9.17) is 14.7 Å². The highest BCUT2D eigenvalue weighted by molar-refractivity contribution is 6.03. The lowest BCUT2D eigenvalue weighted by Gasteiger charge is -2.45. The van der Waals surface area contributed by atoms with Gasteiger partial charge in [-0.05, 0) is 44.5 Å². The summed E-state index contributed by atoms with van der Waals surface area (Å²) in [6, 6.07) is 12.6. The maximum Gasteiger partial charge on any atom is 0.228 e. The number of aliphatic imine (C=N–C) groups is 2. The van der Waals surface area contributed by atoms with E-state index in [1.165, 1.54) is 16.8 Å². The molecule has 138 valence electrons. The third kappa shape index (κ3) is 1.78. The summed E-state index contributed by atoms with van der Waals surface area (Å²) in [4.78, 5) is 12.0. The number of rotatable bonds is 0. The predicted molar refractivity (Wildman–Crippen MR) is 112 cm³/mol. The number of nitrogens with zero attached hydrogens (tertiary/aromatic N) is 3. The van der Waals surface area contributed by atoms with E-state index in [1.807, 2.05) is 12.3 Å². The molecule has 3 aliphatic heterocycles. The number of anilines is 1. The largest absolute Gasteiger partial charge is 0.459 e. The molecule has 0 amide bonds. The molecule has 2 aromatic rings. The van der Waals surface area contributed by atoms with E-state index in [9.17, 15) is 0 Å². The van der Waals surface area contributed by atoms with E-state index in [1.54, 1.807) is 0 Å². The average Bonchev–Trinajstić information content (AvgIpc) is 2.97. The zero-order valence-corrected chi connectivity index (χ0v) is 16.8. The molecule has 0 saturated carbocycles. The Labute approximate surface area is 160 Å². The van der Waals surface area contributed by atoms with Crippen LogP contribution in [-0.4, -0.2) is 24.7 Å². The summed E-state index contributed by atoms with van der Waals surface area (Å²) in [5.74, 6) is 0.835. The SMILES string of the molecule is CC1=Nc2ccc3c(c2C1(C)C)N=CC1(O3)N(C)c2ccccc2C1(C)C. The lowest BCUT2D eigenvalue weighted by Crippen LogP contribution is -2.61. The molecule has 5 rings (SSSR count). The van der Waals surface area contributed by atoms with Crippen LogP contribution >= 0.6 is 0 Å². The van der Waals surface area contributed by atoms with E-state index >= 15 is 0 Å². The molecule has 0 aromatic heterocycles. The molecule has 0 N–H and O–H groups in total. The lowest BCUT2D eigenvalue weighted by molar-refractivity contribution is 0.0823. The predicted octanol–water partition coefficient (Wildman–Crippen LogP) is 5.29. The highest BCUT2D eigenvalue weighted by Crippen LogP contribution is 2.56. The van der Waals surface area contributed by atoms with E-state index in [0.717, 1.165) is 22.8 Å². The van der Waals surface area contributed by atoms with E-state index in [2.05, 4.69) is 76.9 Å². The van der Waals surface area contributed by atoms with Gasteiger partial charge in [-0.25, -0.2) is 0 Å². The summed E-state index contributed by atoms with van der Waals surface area (Å²) in [7, 11) is 2.09. The fraction of sp³-hybridized carbons (Fsp3) is 0.391. The zero-order valence-electron chi connectivity index (χ0n) is 16.8. The molecule has 0 saturated heterocycles. The Balaban J connectivity index is 1.68. The standard InChI is InChI=1S/C23H25N3O/c1-14-21(2,3)19-16(25-14)11-12-18-20(19)24-13-23(27-18)22(4,5)15-9-7-8-10-17(15)26(23)6/h7-13H,1-6H3. The minimum atomic E-state index is -0.642. The number of para-hydroxylation sites is 1. The molecule has 0 radical (unpaired) electrons. The number of hydrogen-bond acceptors (Lipinski definition) is 4. The van der Waals surface area contributed by atoms with Gasteiger partial charge in [-0.2, -0.15) is 0 Å². The molecule has 1 unspecified atom stereocenters. The Hall–Kier alpha value is -2.62. The molecular weight excluding hydrogens is 334 g/mol. The monoisotopic (exact) mass is 359 g/mol. The molecule has 3 aliphatic rings. The zero-order chi connectivity index (χ0) is 19.2. The van der Waals surface area contributed by atoms with Crippen LogP contribution in [0.15, 0.2) is 46.4 Å². The summed E-state index contributed by atoms with van der Waals surface area (Å²) < 4.78 is 6.77. The summed E-state index contributed by atoms with van der Waals surface area (Å²) in [6.45, 7) is 11.0. The van der Waals surface area contributed by atoms with Crippen LogP contribution in [-0.2, 0) is 10.8 Å². The first kappa shape index (κ1) is 16.5. The highest BCUT2D eigenvalue weighted by Gasteiger charge is 2.58. The van der Waals surface area contributed by atoms with Crippen LogP contribution in [0.25, 0.3) is 0 Å². The Kier molecular flexibility index (Phi) is 2.94. The lowest BCUT2D eigenvalue weighted by atomic mass is 9.77. The van der Waals surface area contributed by atoms with Crippen LogP contribution in [0, 0.1) is 0 Å². The van der Waals surface area contributed by atoms with E-state index in [0.29, 0.717) is 0 Å². The van der Waals surface area contributed by atoms with Crippen molar-refractivity contribution in [2.75, 3.05) is 11.9 Å². The van der Waals surface area contributed by atoms with Gasteiger partial charge < -0.3 is 9.64 Å². The van der Waals surface area contributed by atoms with E-state index < -0.39 is 5.72 Å². The van der Waals surface area contributed by atoms with Crippen LogP contribution < -0.4 is 9.64 Å². The minimum Gasteiger partial charge on any atom is -0.459 e. The Morgan fingerprint density at radius 3 is 2.48 bits per heavy atom. The van der Waals surface area contributed by atoms with Crippen molar-refractivity contribution >= 4 is 29.0 Å². The Morgan fingerprint density at radius 2 is 1.74 bits per heavy atom. The molecular formula is C23H25N3O. The van der Waals surface area contributed by atoms with Gasteiger partial charge >= 0.3 is 0 Å². The van der Waals surface area contributed by atoms with Crippen LogP contribution in [0.4, 0.5) is 17.1 Å². The van der Waals surface area contributed by atoms with Gasteiger partial charge in [-0.1, -0.05) is 32.0 Å². The fourth-order valence-electron chi connectivity index (χ4n) is 4.86. The van der Waals surface area contributed by atoms with Gasteiger partial charge in [-0.3, -0.25) is 9.98 Å². The first-order valence-corrected chi connectivity index (χ1v) is 9.51. The van der Waals surface area contributed by atoms with Crippen LogP contribution in [0.1, 0.15) is 45.7 Å². The first-order chi connectivity index (χ1) is 12.7. The molecule has 1 spiro atoms. The van der Waals surface area contributed by atoms with Gasteiger partial charge in [0.25, 0.3) is 0 Å². The van der Waals surface area contributed by atoms with E-state index in [-0.39, 0.29) is 10.8 Å². The molecule has 4 heteroatoms. The number of likely N-dealkylation sites (N-methyl/N-ethyl adjacent to an activating group) is 1. The van der Waals surface area contributed by atoms with Crippen molar-refractivity contribution in [2.24, 2.45) is 9.98 Å². The van der Waals surface area contributed by atoms with Crippen molar-refractivity contribution in [3.8, 4) is 5.75 Å². The van der Waals surface area contributed by atoms with Gasteiger partial charge in [0.05, 0.1) is 17.3 Å². The molecule has 2 aromatic carbocycles. The third-order valence-electron chi connectivity index (χ3n) is 6.90. The molecule has 1 atom stereocenters. The maximum absolute atomic E-state index is 6.77. The number of hydrogen-bond donors (Lipinski definition) is 0. The van der Waals surface area contributed by atoms with Crippen LogP contribution in [0.5, 0.6) is 5.75 Å². The van der Waals surface area contributed by atoms with Gasteiger partial charge in [0, 0.05) is 29.4 Å². The smallest absolute Gasteiger partial charge is 0.228 e. The molecule has 27 heavy (non-hydrogen) atoms. The van der Waals surface area contributed by atoms with Gasteiger partial charge in [0.1, 0.15) is 11.4 Å². The van der Waals surface area contributed by atoms with Crippen molar-refractivity contribution in [1.29, 1.82) is 0 Å². The number of fused-ring (bicyclic) bond motifs is 4. The maximum atomic E-state index is 6.77. The normalized spacial score (nSPS) is 25.7. The topological polar surface area (TPSA) is 37.2 Å². The van der Waals surface area contributed by atoms with Crippen LogP contribution in [0.3, 0.4) is 0 Å². The quantitative estimate of drug-likeness (QED) is 0.641. The molecule has 0 bridgehead atoms. The van der Waals surface area contributed by atoms with Crippen molar-refractivity contribution in [3.63, 3.8) is 0 Å². The van der Waals surface area contributed by atoms with Gasteiger partial charge in [0.15, 0.2) is 0 Å². The molecule has 0 aliphatic carbocycles. The summed E-state index contributed by atoms with van der Waals surface area (Å²) in [5, 5.41) is 0. The second-order valence-corrected chi connectivity index (χ2v) is 8.89. The second kappa shape index (κ2) is 4.80. The summed E-state index contributed by atoms with van der Waals surface area (Å²) in [5.41, 5.74) is 5.68. The highest BCUT2D eigenvalue weighted by atomic mass is 16.5. The average molecular weight is 359 g/mol. The summed E-state index contributed by atoms with van der Waals surface area (Å²) >= 11 is 0. The molecule has 4 nitrogen and oxygen atoms in total. The van der Waals surface area contributed by atoms with Crippen molar-refractivity contribution in [3.05, 3.63) is 47.5 Å². The summed E-state index contributed by atoms with van der Waals surface area (Å²) in [6.07, 6.45) is 2.00. The fourth-order valence-corrected chi connectivity index (χ4v) is 4.86. The van der Waals surface area contributed by atoms with Crippen molar-refractivity contribution in [2.45, 2.75) is 51.2 Å². The second-order valence-electron chi connectivity index (χ2n) is 8.89. The van der Waals surface area contributed by atoms with Crippen molar-refractivity contribution < 1.29 is 4.74 Å². The third-order valence-corrected chi connectivity index (χ3v) is 6.90. The first-order valence-electron chi connectivity index (χ1n) is 9.51.